The largest absolute Gasteiger partial charge is 0.460 e. The molecule has 0 amide bonds. The fourth-order valence-electron chi connectivity index (χ4n) is 8.64. The summed E-state index contributed by atoms with van der Waals surface area (Å²) in [6.07, 6.45) is 10.9. The maximum atomic E-state index is 9.72. The van der Waals surface area contributed by atoms with Gasteiger partial charge in [0.05, 0.1) is 11.6 Å². The molecule has 52 heavy (non-hydrogen) atoms. The van der Waals surface area contributed by atoms with E-state index in [0.29, 0.717) is 23.0 Å². The van der Waals surface area contributed by atoms with Gasteiger partial charge in [0, 0.05) is 39.5 Å². The molecule has 0 N–H and O–H groups in total. The van der Waals surface area contributed by atoms with Crippen molar-refractivity contribution in [2.75, 3.05) is 0 Å². The van der Waals surface area contributed by atoms with E-state index in [0.717, 1.165) is 63.8 Å². The van der Waals surface area contributed by atoms with Crippen molar-refractivity contribution < 1.29 is 4.42 Å². The minimum Gasteiger partial charge on any atom is -0.460 e. The molecule has 7 aromatic rings. The summed E-state index contributed by atoms with van der Waals surface area (Å²) in [6.45, 7) is 4.15. The number of benzene rings is 5. The standard InChI is InChI=1S/C47H38N4O/c1-3-13-36-41(4-2)52-42-19-12-18-37(43(36)42)46-50-44(31-14-7-5-8-15-31)49-45(51-46)34-17-11-16-32(27-34)33-21-22-35-38-26-30(29-48)20-23-39(38)47(40(35)28-33)24-9-6-10-25-47/h3,5,7-8,11-23,26-28H,4,6,9-10,24-25H2,1-2H3/b13-3-. The van der Waals surface area contributed by atoms with E-state index in [-0.39, 0.29) is 5.41 Å². The average molecular weight is 675 g/mol. The van der Waals surface area contributed by atoms with E-state index in [1.807, 2.05) is 55.5 Å². The SMILES string of the molecule is C/C=C\c1c(CC)oc2cccc(-c3nc(-c4ccccc4)nc(-c4cccc(-c5ccc6c(c5)C5(CCCCC5)c5ccc(C#N)cc5-6)c4)n3)c12. The first kappa shape index (κ1) is 31.8. The number of furan rings is 1. The lowest BCUT2D eigenvalue weighted by Crippen LogP contribution is -2.28. The van der Waals surface area contributed by atoms with Crippen LogP contribution in [0.3, 0.4) is 0 Å². The summed E-state index contributed by atoms with van der Waals surface area (Å²) >= 11 is 0. The van der Waals surface area contributed by atoms with Crippen LogP contribution in [-0.4, -0.2) is 15.0 Å². The summed E-state index contributed by atoms with van der Waals surface area (Å²) in [6, 6.07) is 40.4. The maximum Gasteiger partial charge on any atom is 0.164 e. The summed E-state index contributed by atoms with van der Waals surface area (Å²) in [5, 5.41) is 10.7. The van der Waals surface area contributed by atoms with E-state index in [9.17, 15) is 5.26 Å². The molecule has 0 unspecified atom stereocenters. The van der Waals surface area contributed by atoms with Gasteiger partial charge in [-0.25, -0.2) is 15.0 Å². The summed E-state index contributed by atoms with van der Waals surface area (Å²) < 4.78 is 6.33. The molecule has 5 nitrogen and oxygen atoms in total. The van der Waals surface area contributed by atoms with E-state index in [2.05, 4.69) is 85.8 Å². The first-order valence-electron chi connectivity index (χ1n) is 18.4. The lowest BCUT2D eigenvalue weighted by atomic mass is 9.67. The molecular weight excluding hydrogens is 637 g/mol. The Hall–Kier alpha value is -6.12. The zero-order chi connectivity index (χ0) is 35.2. The Morgan fingerprint density at radius 2 is 1.40 bits per heavy atom. The topological polar surface area (TPSA) is 75.6 Å². The summed E-state index contributed by atoms with van der Waals surface area (Å²) in [4.78, 5) is 15.3. The molecule has 5 heteroatoms. The van der Waals surface area contributed by atoms with Gasteiger partial charge in [-0.2, -0.15) is 5.26 Å². The lowest BCUT2D eigenvalue weighted by molar-refractivity contribution is 0.353. The Balaban J connectivity index is 1.19. The van der Waals surface area contributed by atoms with Gasteiger partial charge in [-0.15, -0.1) is 0 Å². The molecule has 2 aliphatic rings. The van der Waals surface area contributed by atoms with Gasteiger partial charge in [-0.05, 0) is 83.5 Å². The number of rotatable bonds is 6. The fourth-order valence-corrected chi connectivity index (χ4v) is 8.64. The zero-order valence-electron chi connectivity index (χ0n) is 29.5. The van der Waals surface area contributed by atoms with E-state index < -0.39 is 0 Å². The molecule has 0 aliphatic heterocycles. The van der Waals surface area contributed by atoms with Crippen LogP contribution in [0.25, 0.3) is 73.5 Å². The Kier molecular flexibility index (Phi) is 7.89. The molecule has 0 radical (unpaired) electrons. The summed E-state index contributed by atoms with van der Waals surface area (Å²) in [7, 11) is 0. The maximum absolute atomic E-state index is 9.72. The monoisotopic (exact) mass is 674 g/mol. The molecule has 1 spiro atoms. The van der Waals surface area contributed by atoms with Crippen molar-refractivity contribution in [1.82, 2.24) is 15.0 Å². The summed E-state index contributed by atoms with van der Waals surface area (Å²) in [5.41, 5.74) is 12.9. The van der Waals surface area contributed by atoms with Gasteiger partial charge < -0.3 is 4.42 Å². The highest BCUT2D eigenvalue weighted by molar-refractivity contribution is 6.00. The molecule has 2 aromatic heterocycles. The number of aromatic nitrogens is 3. The average Bonchev–Trinajstić information content (AvgIpc) is 3.70. The van der Waals surface area contributed by atoms with Crippen molar-refractivity contribution in [2.24, 2.45) is 0 Å². The van der Waals surface area contributed by atoms with Crippen LogP contribution in [-0.2, 0) is 11.8 Å². The second-order valence-electron chi connectivity index (χ2n) is 14.0. The summed E-state index contributed by atoms with van der Waals surface area (Å²) in [5.74, 6) is 2.81. The van der Waals surface area contributed by atoms with Crippen LogP contribution in [0.4, 0.5) is 0 Å². The van der Waals surface area contributed by atoms with Gasteiger partial charge in [-0.3, -0.25) is 0 Å². The minimum absolute atomic E-state index is 0.00418. The van der Waals surface area contributed by atoms with E-state index in [4.69, 9.17) is 19.4 Å². The Bertz CT molecular complexity index is 2570. The van der Waals surface area contributed by atoms with Crippen molar-refractivity contribution in [3.63, 3.8) is 0 Å². The van der Waals surface area contributed by atoms with Gasteiger partial charge in [0.15, 0.2) is 17.5 Å². The van der Waals surface area contributed by atoms with Crippen molar-refractivity contribution in [2.45, 2.75) is 57.8 Å². The molecule has 5 aromatic carbocycles. The predicted octanol–water partition coefficient (Wildman–Crippen LogP) is 12.0. The number of aryl methyl sites for hydroxylation is 1. The molecule has 1 fully saturated rings. The number of fused-ring (bicyclic) bond motifs is 6. The van der Waals surface area contributed by atoms with Crippen LogP contribution in [0, 0.1) is 11.3 Å². The lowest BCUT2D eigenvalue weighted by Gasteiger charge is -2.36. The smallest absolute Gasteiger partial charge is 0.164 e. The molecule has 0 bridgehead atoms. The minimum atomic E-state index is -0.00418. The van der Waals surface area contributed by atoms with Crippen LogP contribution in [0.5, 0.6) is 0 Å². The predicted molar refractivity (Wildman–Crippen MR) is 209 cm³/mol. The molecule has 2 aliphatic carbocycles. The van der Waals surface area contributed by atoms with Crippen molar-refractivity contribution in [1.29, 1.82) is 5.26 Å². The molecule has 0 atom stereocenters. The second-order valence-corrected chi connectivity index (χ2v) is 14.0. The fraction of sp³-hybridized carbons (Fsp3) is 0.191. The molecule has 1 saturated carbocycles. The Morgan fingerprint density at radius 1 is 0.673 bits per heavy atom. The van der Waals surface area contributed by atoms with E-state index in [1.165, 1.54) is 47.1 Å². The molecular formula is C47H38N4O. The second kappa shape index (κ2) is 12.9. The van der Waals surface area contributed by atoms with Crippen molar-refractivity contribution in [3.8, 4) is 62.5 Å². The highest BCUT2D eigenvalue weighted by Crippen LogP contribution is 2.56. The van der Waals surface area contributed by atoms with Gasteiger partial charge >= 0.3 is 0 Å². The first-order valence-corrected chi connectivity index (χ1v) is 18.4. The van der Waals surface area contributed by atoms with Gasteiger partial charge in [-0.1, -0.05) is 117 Å². The normalized spacial score (nSPS) is 14.5. The number of nitriles is 1. The van der Waals surface area contributed by atoms with Crippen molar-refractivity contribution >= 4 is 17.0 Å². The van der Waals surface area contributed by atoms with Gasteiger partial charge in [0.25, 0.3) is 0 Å². The van der Waals surface area contributed by atoms with E-state index in [1.54, 1.807) is 0 Å². The third-order valence-electron chi connectivity index (χ3n) is 11.0. The zero-order valence-corrected chi connectivity index (χ0v) is 29.5. The Labute approximate surface area is 304 Å². The molecule has 0 saturated heterocycles. The number of hydrogen-bond acceptors (Lipinski definition) is 5. The van der Waals surface area contributed by atoms with Crippen LogP contribution >= 0.6 is 0 Å². The number of allylic oxidation sites excluding steroid dienone is 1. The highest BCUT2D eigenvalue weighted by Gasteiger charge is 2.43. The molecule has 9 rings (SSSR count). The van der Waals surface area contributed by atoms with Gasteiger partial charge in [0.2, 0.25) is 0 Å². The van der Waals surface area contributed by atoms with E-state index >= 15 is 0 Å². The van der Waals surface area contributed by atoms with Crippen LogP contribution < -0.4 is 0 Å². The first-order chi connectivity index (χ1) is 25.6. The third kappa shape index (κ3) is 5.17. The third-order valence-corrected chi connectivity index (χ3v) is 11.0. The molecule has 252 valence electrons. The Morgan fingerprint density at radius 3 is 2.19 bits per heavy atom. The van der Waals surface area contributed by atoms with Crippen LogP contribution in [0.2, 0.25) is 0 Å². The van der Waals surface area contributed by atoms with Crippen LogP contribution in [0.15, 0.2) is 120 Å². The van der Waals surface area contributed by atoms with Crippen molar-refractivity contribution in [3.05, 3.63) is 143 Å². The quantitative estimate of drug-likeness (QED) is 0.175. The highest BCUT2D eigenvalue weighted by atomic mass is 16.3. The number of nitrogens with zero attached hydrogens (tertiary/aromatic N) is 4. The van der Waals surface area contributed by atoms with Gasteiger partial charge in [0.1, 0.15) is 11.3 Å². The number of hydrogen-bond donors (Lipinski definition) is 0. The van der Waals surface area contributed by atoms with Crippen LogP contribution in [0.1, 0.15) is 74.0 Å². The molecule has 2 heterocycles.